The summed E-state index contributed by atoms with van der Waals surface area (Å²) in [5.74, 6) is -2.11. The summed E-state index contributed by atoms with van der Waals surface area (Å²) in [6, 6.07) is 10.8. The summed E-state index contributed by atoms with van der Waals surface area (Å²) in [6.45, 7) is 1.74. The number of nitrogens with one attached hydrogen (secondary N) is 1. The van der Waals surface area contributed by atoms with Gasteiger partial charge in [-0.25, -0.2) is 4.39 Å². The first-order valence-electron chi connectivity index (χ1n) is 6.34. The number of halogens is 1. The first kappa shape index (κ1) is 14.7. The van der Waals surface area contributed by atoms with Gasteiger partial charge in [0.1, 0.15) is 5.82 Å². The Labute approximate surface area is 121 Å². The van der Waals surface area contributed by atoms with Crippen LogP contribution in [-0.4, -0.2) is 17.0 Å². The van der Waals surface area contributed by atoms with Gasteiger partial charge < -0.3 is 10.4 Å². The molecule has 1 amide bonds. The van der Waals surface area contributed by atoms with E-state index in [1.165, 1.54) is 12.1 Å². The minimum absolute atomic E-state index is 0.0516. The Bertz CT molecular complexity index is 698. The average Bonchev–Trinajstić information content (AvgIpc) is 2.37. The van der Waals surface area contributed by atoms with E-state index in [4.69, 9.17) is 5.11 Å². The summed E-state index contributed by atoms with van der Waals surface area (Å²) in [6.07, 6.45) is -0.136. The van der Waals surface area contributed by atoms with E-state index in [-0.39, 0.29) is 12.0 Å². The smallest absolute Gasteiger partial charge is 0.307 e. The fourth-order valence-corrected chi connectivity index (χ4v) is 1.94. The fourth-order valence-electron chi connectivity index (χ4n) is 1.94. The molecule has 2 N–H and O–H groups in total. The Morgan fingerprint density at radius 3 is 2.62 bits per heavy atom. The minimum atomic E-state index is -0.956. The molecule has 0 aliphatic rings. The standard InChI is InChI=1S/C16H14FNO3/c1-10-5-6-13(14(17)7-10)16(21)18-12-4-2-3-11(8-12)9-15(19)20/h2-8H,9H2,1H3,(H,18,21)(H,19,20). The molecule has 0 fully saturated rings. The van der Waals surface area contributed by atoms with Crippen LogP contribution in [0.3, 0.4) is 0 Å². The highest BCUT2D eigenvalue weighted by Crippen LogP contribution is 2.15. The lowest BCUT2D eigenvalue weighted by atomic mass is 10.1. The molecule has 0 saturated carbocycles. The van der Waals surface area contributed by atoms with E-state index in [0.717, 1.165) is 5.56 Å². The van der Waals surface area contributed by atoms with Crippen LogP contribution >= 0.6 is 0 Å². The maximum atomic E-state index is 13.7. The highest BCUT2D eigenvalue weighted by atomic mass is 19.1. The van der Waals surface area contributed by atoms with Crippen LogP contribution < -0.4 is 5.32 Å². The number of carboxylic acid groups (broad SMARTS) is 1. The number of hydrogen-bond acceptors (Lipinski definition) is 2. The van der Waals surface area contributed by atoms with E-state index in [9.17, 15) is 14.0 Å². The Balaban J connectivity index is 2.17. The molecule has 0 radical (unpaired) electrons. The number of carboxylic acids is 1. The Morgan fingerprint density at radius 2 is 1.95 bits per heavy atom. The van der Waals surface area contributed by atoms with Gasteiger partial charge in [0, 0.05) is 5.69 Å². The van der Waals surface area contributed by atoms with Crippen LogP contribution in [-0.2, 0) is 11.2 Å². The van der Waals surface area contributed by atoms with Crippen LogP contribution in [0.5, 0.6) is 0 Å². The van der Waals surface area contributed by atoms with Gasteiger partial charge in [-0.1, -0.05) is 18.2 Å². The highest BCUT2D eigenvalue weighted by molar-refractivity contribution is 6.04. The van der Waals surface area contributed by atoms with Crippen molar-refractivity contribution in [1.82, 2.24) is 0 Å². The molecule has 0 spiro atoms. The quantitative estimate of drug-likeness (QED) is 0.908. The van der Waals surface area contributed by atoms with Gasteiger partial charge in [0.05, 0.1) is 12.0 Å². The molecular weight excluding hydrogens is 273 g/mol. The third-order valence-electron chi connectivity index (χ3n) is 2.91. The summed E-state index contributed by atoms with van der Waals surface area (Å²) in [7, 11) is 0. The van der Waals surface area contributed by atoms with Crippen molar-refractivity contribution in [3.8, 4) is 0 Å². The van der Waals surface area contributed by atoms with Crippen molar-refractivity contribution < 1.29 is 19.1 Å². The summed E-state index contributed by atoms with van der Waals surface area (Å²) in [4.78, 5) is 22.7. The molecule has 4 nitrogen and oxygen atoms in total. The summed E-state index contributed by atoms with van der Waals surface area (Å²) < 4.78 is 13.7. The first-order chi connectivity index (χ1) is 9.95. The Morgan fingerprint density at radius 1 is 1.19 bits per heavy atom. The number of hydrogen-bond donors (Lipinski definition) is 2. The first-order valence-corrected chi connectivity index (χ1v) is 6.34. The van der Waals surface area contributed by atoms with Crippen molar-refractivity contribution in [3.05, 3.63) is 65.0 Å². The van der Waals surface area contributed by atoms with Gasteiger partial charge in [-0.15, -0.1) is 0 Å². The molecule has 0 saturated heterocycles. The lowest BCUT2D eigenvalue weighted by molar-refractivity contribution is -0.136. The predicted octanol–water partition coefficient (Wildman–Crippen LogP) is 3.01. The summed E-state index contributed by atoms with van der Waals surface area (Å²) >= 11 is 0. The number of benzene rings is 2. The molecule has 0 heterocycles. The molecule has 0 aromatic heterocycles. The second-order valence-electron chi connectivity index (χ2n) is 4.71. The van der Waals surface area contributed by atoms with Crippen LogP contribution in [0.15, 0.2) is 42.5 Å². The maximum absolute atomic E-state index is 13.7. The summed E-state index contributed by atoms with van der Waals surface area (Å²) in [5, 5.41) is 11.3. The molecule has 2 rings (SSSR count). The fraction of sp³-hybridized carbons (Fsp3) is 0.125. The monoisotopic (exact) mass is 287 g/mol. The molecule has 0 atom stereocenters. The van der Waals surface area contributed by atoms with Crippen molar-refractivity contribution >= 4 is 17.6 Å². The molecule has 2 aromatic rings. The van der Waals surface area contributed by atoms with Gasteiger partial charge in [-0.2, -0.15) is 0 Å². The number of carbonyl (C=O) groups excluding carboxylic acids is 1. The molecule has 2 aromatic carbocycles. The zero-order chi connectivity index (χ0) is 15.4. The largest absolute Gasteiger partial charge is 0.481 e. The van der Waals surface area contributed by atoms with Gasteiger partial charge in [0.25, 0.3) is 5.91 Å². The predicted molar refractivity (Wildman–Crippen MR) is 76.9 cm³/mol. The average molecular weight is 287 g/mol. The van der Waals surface area contributed by atoms with E-state index >= 15 is 0 Å². The number of aliphatic carboxylic acids is 1. The van der Waals surface area contributed by atoms with Gasteiger partial charge >= 0.3 is 5.97 Å². The third-order valence-corrected chi connectivity index (χ3v) is 2.91. The van der Waals surface area contributed by atoms with E-state index in [1.54, 1.807) is 37.3 Å². The lowest BCUT2D eigenvalue weighted by Gasteiger charge is -2.08. The summed E-state index contributed by atoms with van der Waals surface area (Å²) in [5.41, 5.74) is 1.67. The normalized spacial score (nSPS) is 10.2. The van der Waals surface area contributed by atoms with Crippen LogP contribution in [0.1, 0.15) is 21.5 Å². The Kier molecular flexibility index (Phi) is 4.33. The van der Waals surface area contributed by atoms with Gasteiger partial charge in [-0.3, -0.25) is 9.59 Å². The van der Waals surface area contributed by atoms with Crippen LogP contribution in [0.25, 0.3) is 0 Å². The molecule has 0 aliphatic heterocycles. The van der Waals surface area contributed by atoms with Crippen molar-refractivity contribution in [3.63, 3.8) is 0 Å². The third kappa shape index (κ3) is 3.89. The van der Waals surface area contributed by atoms with Crippen molar-refractivity contribution in [2.75, 3.05) is 5.32 Å². The molecule has 5 heteroatoms. The number of carbonyl (C=O) groups is 2. The second-order valence-corrected chi connectivity index (χ2v) is 4.71. The number of anilines is 1. The van der Waals surface area contributed by atoms with E-state index in [2.05, 4.69) is 5.32 Å². The zero-order valence-electron chi connectivity index (χ0n) is 11.4. The molecule has 0 bridgehead atoms. The van der Waals surface area contributed by atoms with E-state index in [0.29, 0.717) is 11.3 Å². The number of aryl methyl sites for hydroxylation is 1. The van der Waals surface area contributed by atoms with Crippen LogP contribution in [0, 0.1) is 12.7 Å². The van der Waals surface area contributed by atoms with Crippen molar-refractivity contribution in [2.24, 2.45) is 0 Å². The Hall–Kier alpha value is -2.69. The topological polar surface area (TPSA) is 66.4 Å². The van der Waals surface area contributed by atoms with Crippen LogP contribution in [0.2, 0.25) is 0 Å². The van der Waals surface area contributed by atoms with Gasteiger partial charge in [0.15, 0.2) is 0 Å². The molecule has 108 valence electrons. The van der Waals surface area contributed by atoms with Gasteiger partial charge in [-0.05, 0) is 42.3 Å². The molecule has 21 heavy (non-hydrogen) atoms. The second kappa shape index (κ2) is 6.17. The van der Waals surface area contributed by atoms with Gasteiger partial charge in [0.2, 0.25) is 0 Å². The lowest BCUT2D eigenvalue weighted by Crippen LogP contribution is -2.14. The van der Waals surface area contributed by atoms with Crippen molar-refractivity contribution in [2.45, 2.75) is 13.3 Å². The van der Waals surface area contributed by atoms with E-state index < -0.39 is 17.7 Å². The molecule has 0 aliphatic carbocycles. The number of rotatable bonds is 4. The van der Waals surface area contributed by atoms with Crippen LogP contribution in [0.4, 0.5) is 10.1 Å². The highest BCUT2D eigenvalue weighted by Gasteiger charge is 2.12. The SMILES string of the molecule is Cc1ccc(C(=O)Nc2cccc(CC(=O)O)c2)c(F)c1. The minimum Gasteiger partial charge on any atom is -0.481 e. The van der Waals surface area contributed by atoms with Crippen molar-refractivity contribution in [1.29, 1.82) is 0 Å². The maximum Gasteiger partial charge on any atom is 0.307 e. The molecule has 0 unspecified atom stereocenters. The zero-order valence-corrected chi connectivity index (χ0v) is 11.4. The van der Waals surface area contributed by atoms with E-state index in [1.807, 2.05) is 0 Å². The molecular formula is C16H14FNO3. The number of amides is 1.